The van der Waals surface area contributed by atoms with Crippen LogP contribution in [-0.2, 0) is 4.79 Å². The van der Waals surface area contributed by atoms with Gasteiger partial charge in [0.05, 0.1) is 18.1 Å². The molecule has 2 rings (SSSR count). The number of carboxylic acids is 1. The number of hydrogen-bond donors (Lipinski definition) is 2. The van der Waals surface area contributed by atoms with E-state index < -0.39 is 5.97 Å². The first-order valence-electron chi connectivity index (χ1n) is 5.45. The van der Waals surface area contributed by atoms with Crippen molar-refractivity contribution in [3.8, 4) is 6.07 Å². The summed E-state index contributed by atoms with van der Waals surface area (Å²) >= 11 is 0. The van der Waals surface area contributed by atoms with Gasteiger partial charge in [-0.2, -0.15) is 5.26 Å². The van der Waals surface area contributed by atoms with Gasteiger partial charge >= 0.3 is 5.97 Å². The summed E-state index contributed by atoms with van der Waals surface area (Å²) in [4.78, 5) is 14.6. The third-order valence-corrected chi connectivity index (χ3v) is 2.52. The van der Waals surface area contributed by atoms with Crippen molar-refractivity contribution in [3.63, 3.8) is 0 Å². The van der Waals surface area contributed by atoms with Crippen molar-refractivity contribution in [1.29, 1.82) is 5.26 Å². The maximum Gasteiger partial charge on any atom is 0.305 e. The zero-order chi connectivity index (χ0) is 13.0. The maximum atomic E-state index is 10.4. The van der Waals surface area contributed by atoms with E-state index in [1.165, 1.54) is 0 Å². The summed E-state index contributed by atoms with van der Waals surface area (Å²) in [6.07, 6.45) is 1.67. The molecular formula is C13H11N3O2. The minimum atomic E-state index is -0.852. The average molecular weight is 241 g/mol. The number of anilines is 1. The molecule has 0 amide bonds. The van der Waals surface area contributed by atoms with Crippen molar-refractivity contribution in [2.24, 2.45) is 0 Å². The first-order chi connectivity index (χ1) is 8.70. The largest absolute Gasteiger partial charge is 0.481 e. The summed E-state index contributed by atoms with van der Waals surface area (Å²) in [7, 11) is 0. The van der Waals surface area contributed by atoms with Gasteiger partial charge in [-0.3, -0.25) is 4.79 Å². The number of fused-ring (bicyclic) bond motifs is 1. The van der Waals surface area contributed by atoms with Crippen LogP contribution in [0.2, 0.25) is 0 Å². The molecule has 5 nitrogen and oxygen atoms in total. The van der Waals surface area contributed by atoms with Crippen molar-refractivity contribution in [1.82, 2.24) is 4.98 Å². The summed E-state index contributed by atoms with van der Waals surface area (Å²) in [6.45, 7) is 0.321. The average Bonchev–Trinajstić information content (AvgIpc) is 2.38. The summed E-state index contributed by atoms with van der Waals surface area (Å²) in [5.74, 6) is -0.215. The van der Waals surface area contributed by atoms with Crippen molar-refractivity contribution >= 4 is 22.6 Å². The Morgan fingerprint density at radius 2 is 2.28 bits per heavy atom. The molecule has 0 bridgehead atoms. The van der Waals surface area contributed by atoms with Crippen molar-refractivity contribution in [2.75, 3.05) is 11.9 Å². The summed E-state index contributed by atoms with van der Waals surface area (Å²) < 4.78 is 0. The number of aliphatic carboxylic acids is 1. The Morgan fingerprint density at radius 1 is 1.44 bits per heavy atom. The molecule has 0 saturated carbocycles. The Labute approximate surface area is 104 Å². The lowest BCUT2D eigenvalue weighted by molar-refractivity contribution is -0.136. The van der Waals surface area contributed by atoms with E-state index in [1.54, 1.807) is 18.3 Å². The number of rotatable bonds is 4. The Balaban J connectivity index is 2.28. The number of aromatic nitrogens is 1. The van der Waals surface area contributed by atoms with Crippen molar-refractivity contribution in [2.45, 2.75) is 6.42 Å². The van der Waals surface area contributed by atoms with Crippen LogP contribution in [0.25, 0.3) is 10.8 Å². The van der Waals surface area contributed by atoms with Gasteiger partial charge in [0.15, 0.2) is 0 Å². The zero-order valence-corrected chi connectivity index (χ0v) is 9.55. The highest BCUT2D eigenvalue weighted by Crippen LogP contribution is 2.21. The third-order valence-electron chi connectivity index (χ3n) is 2.52. The van der Waals surface area contributed by atoms with Crippen LogP contribution < -0.4 is 5.32 Å². The molecule has 0 aliphatic carbocycles. The summed E-state index contributed by atoms with van der Waals surface area (Å²) in [5, 5.41) is 22.2. The normalized spacial score (nSPS) is 9.94. The highest BCUT2D eigenvalue weighted by molar-refractivity contribution is 5.92. The van der Waals surface area contributed by atoms with Gasteiger partial charge < -0.3 is 10.4 Å². The molecule has 0 spiro atoms. The minimum absolute atomic E-state index is 0.0361. The van der Waals surface area contributed by atoms with Crippen molar-refractivity contribution in [3.05, 3.63) is 36.0 Å². The lowest BCUT2D eigenvalue weighted by Crippen LogP contribution is -2.08. The van der Waals surface area contributed by atoms with E-state index in [9.17, 15) is 4.79 Å². The van der Waals surface area contributed by atoms with Crippen LogP contribution in [0.4, 0.5) is 5.82 Å². The standard InChI is InChI=1S/C13H11N3O2/c14-8-9-1-2-11-10(7-9)3-5-15-13(11)16-6-4-12(17)18/h1-3,5,7H,4,6H2,(H,15,16)(H,17,18). The molecule has 0 unspecified atom stereocenters. The maximum absolute atomic E-state index is 10.4. The number of pyridine rings is 1. The molecule has 2 aromatic rings. The van der Waals surface area contributed by atoms with E-state index in [0.717, 1.165) is 10.8 Å². The lowest BCUT2D eigenvalue weighted by atomic mass is 10.1. The Hall–Kier alpha value is -2.61. The van der Waals surface area contributed by atoms with Gasteiger partial charge in [0, 0.05) is 18.1 Å². The fourth-order valence-electron chi connectivity index (χ4n) is 1.68. The van der Waals surface area contributed by atoms with Crippen LogP contribution in [0.5, 0.6) is 0 Å². The number of nitrogens with one attached hydrogen (secondary N) is 1. The number of hydrogen-bond acceptors (Lipinski definition) is 4. The van der Waals surface area contributed by atoms with Crippen LogP contribution in [0.15, 0.2) is 30.5 Å². The Morgan fingerprint density at radius 3 is 3.00 bits per heavy atom. The molecule has 1 aromatic carbocycles. The number of benzene rings is 1. The Bertz CT molecular complexity index is 632. The van der Waals surface area contributed by atoms with E-state index in [4.69, 9.17) is 10.4 Å². The highest BCUT2D eigenvalue weighted by atomic mass is 16.4. The van der Waals surface area contributed by atoms with Gasteiger partial charge in [-0.05, 0) is 29.7 Å². The predicted octanol–water partition coefficient (Wildman–Crippen LogP) is 1.99. The van der Waals surface area contributed by atoms with Crippen LogP contribution >= 0.6 is 0 Å². The minimum Gasteiger partial charge on any atom is -0.481 e. The highest BCUT2D eigenvalue weighted by Gasteiger charge is 2.03. The molecule has 5 heteroatoms. The summed E-state index contributed by atoms with van der Waals surface area (Å²) in [6, 6.07) is 9.20. The monoisotopic (exact) mass is 241 g/mol. The summed E-state index contributed by atoms with van der Waals surface area (Å²) in [5.41, 5.74) is 0.588. The van der Waals surface area contributed by atoms with E-state index >= 15 is 0 Å². The molecule has 18 heavy (non-hydrogen) atoms. The number of carboxylic acid groups (broad SMARTS) is 1. The second-order valence-corrected chi connectivity index (χ2v) is 3.78. The molecule has 1 heterocycles. The first kappa shape index (κ1) is 11.9. The molecule has 0 aliphatic heterocycles. The second-order valence-electron chi connectivity index (χ2n) is 3.78. The molecule has 0 aliphatic rings. The van der Waals surface area contributed by atoms with Crippen LogP contribution in [0.1, 0.15) is 12.0 Å². The van der Waals surface area contributed by atoms with Gasteiger partial charge in [-0.15, -0.1) is 0 Å². The van der Waals surface area contributed by atoms with Gasteiger partial charge in [-0.25, -0.2) is 4.98 Å². The molecule has 2 N–H and O–H groups in total. The van der Waals surface area contributed by atoms with Crippen molar-refractivity contribution < 1.29 is 9.90 Å². The zero-order valence-electron chi connectivity index (χ0n) is 9.55. The molecule has 0 atom stereocenters. The predicted molar refractivity (Wildman–Crippen MR) is 67.2 cm³/mol. The Kier molecular flexibility index (Phi) is 3.39. The SMILES string of the molecule is N#Cc1ccc2c(NCCC(=O)O)nccc2c1. The molecule has 0 saturated heterocycles. The molecular weight excluding hydrogens is 230 g/mol. The first-order valence-corrected chi connectivity index (χ1v) is 5.45. The fourth-order valence-corrected chi connectivity index (χ4v) is 1.68. The van der Waals surface area contributed by atoms with E-state index in [-0.39, 0.29) is 6.42 Å². The van der Waals surface area contributed by atoms with Gasteiger partial charge in [0.25, 0.3) is 0 Å². The van der Waals surface area contributed by atoms with E-state index in [1.807, 2.05) is 12.1 Å². The lowest BCUT2D eigenvalue weighted by Gasteiger charge is -2.07. The molecule has 0 fully saturated rings. The molecule has 0 radical (unpaired) electrons. The molecule has 1 aromatic heterocycles. The smallest absolute Gasteiger partial charge is 0.305 e. The van der Waals surface area contributed by atoms with Crippen LogP contribution in [0, 0.1) is 11.3 Å². The van der Waals surface area contributed by atoms with E-state index in [2.05, 4.69) is 16.4 Å². The number of nitriles is 1. The van der Waals surface area contributed by atoms with Gasteiger partial charge in [0.1, 0.15) is 5.82 Å². The second kappa shape index (κ2) is 5.15. The number of carbonyl (C=O) groups is 1. The van der Waals surface area contributed by atoms with Gasteiger partial charge in [-0.1, -0.05) is 0 Å². The third kappa shape index (κ3) is 2.55. The fraction of sp³-hybridized carbons (Fsp3) is 0.154. The quantitative estimate of drug-likeness (QED) is 0.854. The van der Waals surface area contributed by atoms with E-state index in [0.29, 0.717) is 17.9 Å². The molecule has 90 valence electrons. The van der Waals surface area contributed by atoms with Crippen LogP contribution in [-0.4, -0.2) is 22.6 Å². The van der Waals surface area contributed by atoms with Gasteiger partial charge in [0.2, 0.25) is 0 Å². The number of nitrogens with zero attached hydrogens (tertiary/aromatic N) is 2. The topological polar surface area (TPSA) is 86.0 Å². The van der Waals surface area contributed by atoms with Crippen LogP contribution in [0.3, 0.4) is 0 Å².